The molecule has 2 fully saturated rings. The molecule has 1 spiro atoms. The monoisotopic (exact) mass is 703 g/mol. The molecule has 6 rings (SSSR count). The number of nitrogens with zero attached hydrogens (tertiary/aromatic N) is 3. The van der Waals surface area contributed by atoms with Gasteiger partial charge >= 0.3 is 5.97 Å². The van der Waals surface area contributed by atoms with Crippen LogP contribution in [0, 0.1) is 5.41 Å². The number of rotatable bonds is 13. The average molecular weight is 705 g/mol. The van der Waals surface area contributed by atoms with Gasteiger partial charge in [0, 0.05) is 71.3 Å². The van der Waals surface area contributed by atoms with Crippen molar-refractivity contribution in [3.63, 3.8) is 0 Å². The van der Waals surface area contributed by atoms with Crippen LogP contribution in [0.3, 0.4) is 0 Å². The zero-order valence-electron chi connectivity index (χ0n) is 27.5. The second-order valence-electron chi connectivity index (χ2n) is 13.1. The van der Waals surface area contributed by atoms with Gasteiger partial charge in [-0.05, 0) is 37.8 Å². The highest BCUT2D eigenvalue weighted by Crippen LogP contribution is 2.45. The molecular weight excluding hydrogens is 665 g/mol. The molecule has 1 saturated heterocycles. The molecule has 0 unspecified atom stereocenters. The van der Waals surface area contributed by atoms with Crippen molar-refractivity contribution in [1.82, 2.24) is 14.9 Å². The van der Waals surface area contributed by atoms with Crippen LogP contribution < -0.4 is 9.47 Å². The predicted octanol–water partition coefficient (Wildman–Crippen LogP) is 7.51. The van der Waals surface area contributed by atoms with Crippen LogP contribution in [0.5, 0.6) is 11.8 Å². The minimum Gasteiger partial charge on any atom is -0.481 e. The van der Waals surface area contributed by atoms with Crippen LogP contribution in [0.1, 0.15) is 49.7 Å². The first-order valence-corrected chi connectivity index (χ1v) is 17.1. The molecular formula is C38H39Cl2N3O6. The number of aromatic nitrogens is 2. The summed E-state index contributed by atoms with van der Waals surface area (Å²) in [7, 11) is 3.17. The number of likely N-dealkylation sites (tertiary alicyclic amines) is 1. The van der Waals surface area contributed by atoms with E-state index in [0.717, 1.165) is 47.3 Å². The number of carbonyl (C=O) groups is 2. The van der Waals surface area contributed by atoms with Crippen molar-refractivity contribution in [2.75, 3.05) is 27.3 Å². The van der Waals surface area contributed by atoms with Crippen LogP contribution >= 0.6 is 23.2 Å². The SMILES string of the molecule is COc1nc(-c2cccc(-c3cccc(-c4ccc(CN5CC6(CCC(=O)C6)C5)c(OC)n4)c3Cl)c2Cl)ccc1CCC[C@@H](O)CC(=O)O. The maximum atomic E-state index is 11.8. The number of hydrogen-bond acceptors (Lipinski definition) is 8. The lowest BCUT2D eigenvalue weighted by molar-refractivity contribution is -0.139. The summed E-state index contributed by atoms with van der Waals surface area (Å²) in [5, 5.41) is 19.8. The summed E-state index contributed by atoms with van der Waals surface area (Å²) in [6.45, 7) is 2.55. The minimum absolute atomic E-state index is 0.159. The van der Waals surface area contributed by atoms with E-state index in [-0.39, 0.29) is 11.8 Å². The molecule has 3 heterocycles. The standard InChI is InChI=1S/C38H39Cl2N3O6/c1-48-36-23(6-3-7-25(44)18-33(46)47)12-14-31(41-36)29-10-4-8-27(34(29)39)28-9-5-11-30(35(28)40)32-15-13-24(37(42-32)49-2)20-43-21-38(22-43)17-16-26(45)19-38/h4-5,8-15,25,44H,3,6-7,16-22H2,1-2H3,(H,46,47)/t25-/m1/s1. The third-order valence-electron chi connectivity index (χ3n) is 9.52. The Hall–Kier alpha value is -4.02. The number of Topliss-reactive ketones (excluding diaryl/α,β-unsaturated/α-hetero) is 1. The normalized spacial score (nSPS) is 16.1. The first kappa shape index (κ1) is 34.8. The number of hydrogen-bond donors (Lipinski definition) is 2. The first-order chi connectivity index (χ1) is 23.6. The van der Waals surface area contributed by atoms with E-state index in [1.54, 1.807) is 14.2 Å². The summed E-state index contributed by atoms with van der Waals surface area (Å²) < 4.78 is 11.3. The number of aliphatic hydroxyl groups is 1. The van der Waals surface area contributed by atoms with Crippen molar-refractivity contribution in [2.24, 2.45) is 5.41 Å². The van der Waals surface area contributed by atoms with Crippen molar-refractivity contribution >= 4 is 35.0 Å². The Morgan fingerprint density at radius 3 is 1.96 bits per heavy atom. The van der Waals surface area contributed by atoms with E-state index in [4.69, 9.17) is 47.8 Å². The zero-order chi connectivity index (χ0) is 34.7. The molecule has 1 atom stereocenters. The topological polar surface area (TPSA) is 122 Å². The highest BCUT2D eigenvalue weighted by molar-refractivity contribution is 6.39. The Morgan fingerprint density at radius 1 is 0.878 bits per heavy atom. The molecule has 9 nitrogen and oxygen atoms in total. The van der Waals surface area contributed by atoms with Crippen molar-refractivity contribution < 1.29 is 29.3 Å². The number of ether oxygens (including phenoxy) is 2. The molecule has 0 bridgehead atoms. The molecule has 1 aliphatic carbocycles. The van der Waals surface area contributed by atoms with Gasteiger partial charge in [-0.15, -0.1) is 0 Å². The largest absolute Gasteiger partial charge is 0.481 e. The number of aryl methyl sites for hydroxylation is 1. The summed E-state index contributed by atoms with van der Waals surface area (Å²) in [6.07, 6.45) is 2.73. The van der Waals surface area contributed by atoms with Gasteiger partial charge in [-0.2, -0.15) is 0 Å². The number of aliphatic hydroxyl groups excluding tert-OH is 1. The van der Waals surface area contributed by atoms with E-state index in [2.05, 4.69) is 4.90 Å². The summed E-state index contributed by atoms with van der Waals surface area (Å²) in [5.74, 6) is 0.341. The maximum absolute atomic E-state index is 11.8. The van der Waals surface area contributed by atoms with Gasteiger partial charge in [0.1, 0.15) is 5.78 Å². The molecule has 11 heteroatoms. The fourth-order valence-electron chi connectivity index (χ4n) is 7.13. The fraction of sp³-hybridized carbons (Fsp3) is 0.368. The summed E-state index contributed by atoms with van der Waals surface area (Å²) in [5.41, 5.74) is 6.24. The summed E-state index contributed by atoms with van der Waals surface area (Å²) in [6, 6.07) is 19.3. The third-order valence-corrected chi connectivity index (χ3v) is 10.3. The van der Waals surface area contributed by atoms with E-state index in [1.807, 2.05) is 60.7 Å². The quantitative estimate of drug-likeness (QED) is 0.146. The van der Waals surface area contributed by atoms with Gasteiger partial charge in [-0.25, -0.2) is 9.97 Å². The molecule has 49 heavy (non-hydrogen) atoms. The number of methoxy groups -OCH3 is 2. The fourth-order valence-corrected chi connectivity index (χ4v) is 7.78. The minimum atomic E-state index is -1.02. The van der Waals surface area contributed by atoms with Crippen LogP contribution in [0.25, 0.3) is 33.6 Å². The lowest BCUT2D eigenvalue weighted by atomic mass is 9.78. The van der Waals surface area contributed by atoms with Gasteiger partial charge in [0.2, 0.25) is 11.8 Å². The Balaban J connectivity index is 1.21. The Bertz CT molecular complexity index is 1880. The van der Waals surface area contributed by atoms with Gasteiger partial charge in [0.15, 0.2) is 0 Å². The van der Waals surface area contributed by atoms with Crippen molar-refractivity contribution in [1.29, 1.82) is 0 Å². The first-order valence-electron chi connectivity index (χ1n) is 16.4. The molecule has 2 aromatic heterocycles. The van der Waals surface area contributed by atoms with Crippen LogP contribution in [0.2, 0.25) is 10.0 Å². The number of aliphatic carboxylic acids is 1. The van der Waals surface area contributed by atoms with Gasteiger partial charge in [0.25, 0.3) is 0 Å². The van der Waals surface area contributed by atoms with Gasteiger partial charge in [0.05, 0.1) is 48.2 Å². The molecule has 2 aliphatic rings. The van der Waals surface area contributed by atoms with E-state index in [9.17, 15) is 14.7 Å². The lowest BCUT2D eigenvalue weighted by Gasteiger charge is -2.48. The smallest absolute Gasteiger partial charge is 0.305 e. The number of benzene rings is 2. The molecule has 0 radical (unpaired) electrons. The molecule has 2 N–H and O–H groups in total. The number of pyridine rings is 2. The highest BCUT2D eigenvalue weighted by Gasteiger charge is 2.47. The van der Waals surface area contributed by atoms with E-state index >= 15 is 0 Å². The van der Waals surface area contributed by atoms with Crippen LogP contribution in [-0.4, -0.2) is 70.2 Å². The van der Waals surface area contributed by atoms with Crippen LogP contribution in [0.4, 0.5) is 0 Å². The number of halogens is 2. The molecule has 0 amide bonds. The maximum Gasteiger partial charge on any atom is 0.305 e. The predicted molar refractivity (Wildman–Crippen MR) is 189 cm³/mol. The number of carbonyl (C=O) groups excluding carboxylic acids is 1. The average Bonchev–Trinajstić information content (AvgIpc) is 3.46. The number of ketones is 1. The zero-order valence-corrected chi connectivity index (χ0v) is 29.1. The van der Waals surface area contributed by atoms with Gasteiger partial charge < -0.3 is 19.7 Å². The second-order valence-corrected chi connectivity index (χ2v) is 13.8. The molecule has 256 valence electrons. The Kier molecular flexibility index (Phi) is 10.6. The third kappa shape index (κ3) is 7.60. The Morgan fingerprint density at radius 2 is 1.43 bits per heavy atom. The van der Waals surface area contributed by atoms with Crippen molar-refractivity contribution in [3.8, 4) is 45.4 Å². The van der Waals surface area contributed by atoms with Gasteiger partial charge in [-0.3, -0.25) is 14.5 Å². The van der Waals surface area contributed by atoms with E-state index < -0.39 is 12.1 Å². The molecule has 1 saturated carbocycles. The molecule has 1 aliphatic heterocycles. The highest BCUT2D eigenvalue weighted by atomic mass is 35.5. The van der Waals surface area contributed by atoms with Crippen molar-refractivity contribution in [2.45, 2.75) is 57.6 Å². The molecule has 2 aromatic carbocycles. The number of carboxylic acid groups (broad SMARTS) is 1. The van der Waals surface area contributed by atoms with Crippen LogP contribution in [0.15, 0.2) is 60.7 Å². The number of carboxylic acids is 1. The summed E-state index contributed by atoms with van der Waals surface area (Å²) >= 11 is 14.1. The lowest BCUT2D eigenvalue weighted by Crippen LogP contribution is -2.54. The van der Waals surface area contributed by atoms with E-state index in [0.29, 0.717) is 83.2 Å². The van der Waals surface area contributed by atoms with Crippen molar-refractivity contribution in [3.05, 3.63) is 81.8 Å². The summed E-state index contributed by atoms with van der Waals surface area (Å²) in [4.78, 5) is 34.6. The second kappa shape index (κ2) is 14.8. The van der Waals surface area contributed by atoms with E-state index in [1.165, 1.54) is 0 Å². The van der Waals surface area contributed by atoms with Crippen LogP contribution in [-0.2, 0) is 22.6 Å². The van der Waals surface area contributed by atoms with Gasteiger partial charge in [-0.1, -0.05) is 71.7 Å². The Labute approximate surface area is 295 Å². The molecule has 4 aromatic rings.